The van der Waals surface area contributed by atoms with Crippen LogP contribution in [-0.4, -0.2) is 38.6 Å². The molecule has 0 unspecified atom stereocenters. The third kappa shape index (κ3) is 9.05. The van der Waals surface area contributed by atoms with Crippen molar-refractivity contribution in [3.05, 3.63) is 0 Å². The van der Waals surface area contributed by atoms with Gasteiger partial charge in [-0.1, -0.05) is 12.2 Å². The summed E-state index contributed by atoms with van der Waals surface area (Å²) in [5.41, 5.74) is 6.69. The maximum atomic E-state index is 5.95. The van der Waals surface area contributed by atoms with Crippen molar-refractivity contribution in [2.24, 2.45) is 5.73 Å². The molecule has 0 bridgehead atoms. The molecule has 2 aliphatic rings. The summed E-state index contributed by atoms with van der Waals surface area (Å²) in [6.45, 7) is 17.8. The smallest absolute Gasteiger partial charge is 0.130 e. The van der Waals surface area contributed by atoms with E-state index >= 15 is 0 Å². The molecule has 4 nitrogen and oxygen atoms in total. The second-order valence-corrected chi connectivity index (χ2v) is 11.7. The highest BCUT2D eigenvalue weighted by molar-refractivity contribution is 8.11. The van der Waals surface area contributed by atoms with Gasteiger partial charge in [0.25, 0.3) is 0 Å². The Balaban J connectivity index is 0.000000257. The summed E-state index contributed by atoms with van der Waals surface area (Å²) < 4.78 is 0.600. The fraction of sp³-hybridized carbons (Fsp3) is 0.947. The van der Waals surface area contributed by atoms with E-state index in [1.54, 1.807) is 0 Å². The number of nitrogens with two attached hydrogens (primary N) is 1. The van der Waals surface area contributed by atoms with Crippen LogP contribution in [0.5, 0.6) is 0 Å². The lowest BCUT2D eigenvalue weighted by Gasteiger charge is -2.46. The predicted molar refractivity (Wildman–Crippen MR) is 118 cm³/mol. The summed E-state index contributed by atoms with van der Waals surface area (Å²) in [6.07, 6.45) is 4.32. The van der Waals surface area contributed by atoms with Crippen molar-refractivity contribution in [1.29, 1.82) is 0 Å². The molecule has 2 heterocycles. The molecule has 25 heavy (non-hydrogen) atoms. The molecule has 0 amide bonds. The van der Waals surface area contributed by atoms with Crippen LogP contribution in [0.15, 0.2) is 0 Å². The molecule has 0 spiro atoms. The number of rotatable bonds is 1. The molecule has 0 aromatic rings. The monoisotopic (exact) mass is 388 g/mol. The Bertz CT molecular complexity index is 440. The molecule has 2 fully saturated rings. The zero-order valence-corrected chi connectivity index (χ0v) is 19.1. The fourth-order valence-electron chi connectivity index (χ4n) is 5.00. The summed E-state index contributed by atoms with van der Waals surface area (Å²) in [4.78, 5) is 0. The highest BCUT2D eigenvalue weighted by Gasteiger charge is 2.37. The van der Waals surface area contributed by atoms with Crippen molar-refractivity contribution in [1.82, 2.24) is 16.0 Å². The van der Waals surface area contributed by atoms with Crippen LogP contribution < -0.4 is 21.7 Å². The normalized spacial score (nSPS) is 27.8. The van der Waals surface area contributed by atoms with Crippen molar-refractivity contribution >= 4 is 29.2 Å². The van der Waals surface area contributed by atoms with Gasteiger partial charge in [0.2, 0.25) is 0 Å². The molecule has 0 atom stereocenters. The molecule has 5 N–H and O–H groups in total. The molecule has 2 aliphatic heterocycles. The van der Waals surface area contributed by atoms with E-state index in [4.69, 9.17) is 18.0 Å². The van der Waals surface area contributed by atoms with Gasteiger partial charge in [-0.25, -0.2) is 0 Å². The summed E-state index contributed by atoms with van der Waals surface area (Å²) in [5, 5.41) is 10.5. The quantitative estimate of drug-likeness (QED) is 0.352. The minimum absolute atomic E-state index is 0.165. The van der Waals surface area contributed by atoms with Gasteiger partial charge in [-0.15, -0.1) is 12.6 Å². The standard InChI is InChI=1S/C10H20N2S2.C9H20N2/c1-9(2)5-7(11-8(13)14)6-10(3,4)12-9;1-8(2)5-7(10)6-9(3,4)11-8/h7,12H,5-6H2,1-4H3,(H2,11,13,14);7,11H,5-6,10H2,1-4H3. The lowest BCUT2D eigenvalue weighted by atomic mass is 9.80. The SMILES string of the molecule is CC1(C)CC(N)CC(C)(C)N1.CC1(C)CC(NC(=S)S)CC(C)(C)N1. The first kappa shape index (κ1) is 23.2. The molecule has 6 heteroatoms. The van der Waals surface area contributed by atoms with Crippen LogP contribution in [0.3, 0.4) is 0 Å². The average molecular weight is 389 g/mol. The van der Waals surface area contributed by atoms with E-state index in [2.05, 4.69) is 84.0 Å². The molecular formula is C19H40N4S2. The van der Waals surface area contributed by atoms with Crippen LogP contribution in [0.25, 0.3) is 0 Å². The largest absolute Gasteiger partial charge is 0.368 e. The molecule has 2 saturated heterocycles. The highest BCUT2D eigenvalue weighted by atomic mass is 32.1. The van der Waals surface area contributed by atoms with E-state index in [9.17, 15) is 0 Å². The number of thiol groups is 1. The van der Waals surface area contributed by atoms with Gasteiger partial charge < -0.3 is 21.7 Å². The van der Waals surface area contributed by atoms with Gasteiger partial charge in [0.05, 0.1) is 0 Å². The third-order valence-corrected chi connectivity index (χ3v) is 4.99. The Hall–Kier alpha value is 0.120. The van der Waals surface area contributed by atoms with Crippen molar-refractivity contribution in [2.45, 2.75) is 115 Å². The highest BCUT2D eigenvalue weighted by Crippen LogP contribution is 2.28. The van der Waals surface area contributed by atoms with Crippen LogP contribution in [0, 0.1) is 0 Å². The van der Waals surface area contributed by atoms with Gasteiger partial charge in [0.1, 0.15) is 4.32 Å². The topological polar surface area (TPSA) is 62.1 Å². The molecule has 0 aliphatic carbocycles. The molecule has 0 saturated carbocycles. The third-order valence-electron chi connectivity index (χ3n) is 4.74. The summed E-state index contributed by atoms with van der Waals surface area (Å²) >= 11 is 9.08. The van der Waals surface area contributed by atoms with Crippen LogP contribution >= 0.6 is 24.8 Å². The Morgan fingerprint density at radius 2 is 1.16 bits per heavy atom. The lowest BCUT2D eigenvalue weighted by Crippen LogP contribution is -2.61. The number of thiocarbonyl (C=S) groups is 1. The van der Waals surface area contributed by atoms with Crippen molar-refractivity contribution in [2.75, 3.05) is 0 Å². The Morgan fingerprint density at radius 3 is 1.44 bits per heavy atom. The van der Waals surface area contributed by atoms with Crippen molar-refractivity contribution in [3.63, 3.8) is 0 Å². The first-order chi connectivity index (χ1) is 11.0. The van der Waals surface area contributed by atoms with Gasteiger partial charge in [0.15, 0.2) is 0 Å². The van der Waals surface area contributed by atoms with E-state index in [1.807, 2.05) is 0 Å². The van der Waals surface area contributed by atoms with E-state index in [0.29, 0.717) is 16.4 Å². The molecule has 0 radical (unpaired) electrons. The fourth-order valence-corrected chi connectivity index (χ4v) is 5.35. The second-order valence-electron chi connectivity index (χ2n) is 10.5. The average Bonchev–Trinajstić information content (AvgIpc) is 2.16. The van der Waals surface area contributed by atoms with Crippen LogP contribution in [0.1, 0.15) is 81.1 Å². The lowest BCUT2D eigenvalue weighted by molar-refractivity contribution is 0.156. The van der Waals surface area contributed by atoms with Gasteiger partial charge in [-0.3, -0.25) is 0 Å². The molecular weight excluding hydrogens is 348 g/mol. The van der Waals surface area contributed by atoms with Crippen LogP contribution in [-0.2, 0) is 0 Å². The number of piperidine rings is 2. The minimum Gasteiger partial charge on any atom is -0.368 e. The maximum Gasteiger partial charge on any atom is 0.130 e. The molecule has 0 aromatic carbocycles. The van der Waals surface area contributed by atoms with E-state index in [-0.39, 0.29) is 22.2 Å². The summed E-state index contributed by atoms with van der Waals surface area (Å²) in [7, 11) is 0. The molecule has 2 rings (SSSR count). The van der Waals surface area contributed by atoms with Gasteiger partial charge in [-0.2, -0.15) is 0 Å². The van der Waals surface area contributed by atoms with Crippen molar-refractivity contribution in [3.8, 4) is 0 Å². The van der Waals surface area contributed by atoms with Gasteiger partial charge >= 0.3 is 0 Å². The minimum atomic E-state index is 0.165. The zero-order chi connectivity index (χ0) is 19.7. The number of hydrogen-bond acceptors (Lipinski definition) is 4. The van der Waals surface area contributed by atoms with Crippen LogP contribution in [0.4, 0.5) is 0 Å². The van der Waals surface area contributed by atoms with Crippen molar-refractivity contribution < 1.29 is 0 Å². The number of nitrogens with one attached hydrogen (secondary N) is 3. The molecule has 148 valence electrons. The van der Waals surface area contributed by atoms with Crippen LogP contribution in [0.2, 0.25) is 0 Å². The Kier molecular flexibility index (Phi) is 7.42. The summed E-state index contributed by atoms with van der Waals surface area (Å²) in [6, 6.07) is 0.799. The summed E-state index contributed by atoms with van der Waals surface area (Å²) in [5.74, 6) is 0. The van der Waals surface area contributed by atoms with E-state index in [0.717, 1.165) is 25.7 Å². The van der Waals surface area contributed by atoms with Gasteiger partial charge in [0, 0.05) is 34.2 Å². The first-order valence-corrected chi connectivity index (χ1v) is 10.2. The van der Waals surface area contributed by atoms with E-state index in [1.165, 1.54) is 0 Å². The Labute approximate surface area is 166 Å². The van der Waals surface area contributed by atoms with Gasteiger partial charge in [-0.05, 0) is 81.1 Å². The van der Waals surface area contributed by atoms with E-state index < -0.39 is 0 Å². The predicted octanol–water partition coefficient (Wildman–Crippen LogP) is 3.35. The maximum absolute atomic E-state index is 5.95. The first-order valence-electron chi connectivity index (χ1n) is 9.35. The second kappa shape index (κ2) is 8.01. The Morgan fingerprint density at radius 1 is 0.840 bits per heavy atom. The zero-order valence-electron chi connectivity index (χ0n) is 17.4. The number of hydrogen-bond donors (Lipinski definition) is 5. The molecule has 0 aromatic heterocycles.